The van der Waals surface area contributed by atoms with E-state index in [2.05, 4.69) is 15.3 Å². The predicted octanol–water partition coefficient (Wildman–Crippen LogP) is 2.66. The van der Waals surface area contributed by atoms with Crippen molar-refractivity contribution in [3.8, 4) is 0 Å². The number of benzene rings is 1. The van der Waals surface area contributed by atoms with Crippen LogP contribution < -0.4 is 5.32 Å². The van der Waals surface area contributed by atoms with Crippen LogP contribution in [-0.4, -0.2) is 26.8 Å². The summed E-state index contributed by atoms with van der Waals surface area (Å²) in [6, 6.07) is 12.5. The number of nitrogens with one attached hydrogen (secondary N) is 1. The van der Waals surface area contributed by atoms with Gasteiger partial charge in [0.25, 0.3) is 5.91 Å². The van der Waals surface area contributed by atoms with E-state index in [1.165, 1.54) is 16.2 Å². The Hall–Kier alpha value is -2.80. The second kappa shape index (κ2) is 5.38. The Morgan fingerprint density at radius 1 is 1.17 bits per heavy atom. The molecule has 4 rings (SSSR count). The Morgan fingerprint density at radius 3 is 2.71 bits per heavy atom. The summed E-state index contributed by atoms with van der Waals surface area (Å²) >= 11 is 1.39. The summed E-state index contributed by atoms with van der Waals surface area (Å²) in [6.07, 6.45) is 1.70. The first-order valence-electron chi connectivity index (χ1n) is 7.48. The first-order valence-corrected chi connectivity index (χ1v) is 8.30. The third-order valence-electron chi connectivity index (χ3n) is 4.13. The van der Waals surface area contributed by atoms with Crippen molar-refractivity contribution in [2.24, 2.45) is 0 Å². The second-order valence-electron chi connectivity index (χ2n) is 5.75. The van der Waals surface area contributed by atoms with Crippen LogP contribution in [0, 0.1) is 0 Å². The Balaban J connectivity index is 1.64. The van der Waals surface area contributed by atoms with Crippen LogP contribution in [0.3, 0.4) is 0 Å². The average molecular weight is 338 g/mol. The lowest BCUT2D eigenvalue weighted by Gasteiger charge is -2.21. The first kappa shape index (κ1) is 14.8. The zero-order chi connectivity index (χ0) is 16.7. The molecule has 1 saturated heterocycles. The molecule has 6 nitrogen and oxygen atoms in total. The highest BCUT2D eigenvalue weighted by Gasteiger charge is 2.49. The van der Waals surface area contributed by atoms with Gasteiger partial charge in [-0.3, -0.25) is 9.69 Å². The Bertz CT molecular complexity index is 907. The molecule has 1 aromatic carbocycles. The van der Waals surface area contributed by atoms with Gasteiger partial charge in [-0.05, 0) is 24.6 Å². The molecule has 2 aromatic heterocycles. The normalized spacial score (nSPS) is 20.6. The molecule has 120 valence electrons. The van der Waals surface area contributed by atoms with Crippen LogP contribution in [0.4, 0.5) is 4.79 Å². The molecule has 3 heterocycles. The number of pyridine rings is 1. The third-order valence-corrected chi connectivity index (χ3v) is 5.09. The molecule has 1 atom stereocenters. The third kappa shape index (κ3) is 2.25. The fourth-order valence-electron chi connectivity index (χ4n) is 2.83. The van der Waals surface area contributed by atoms with E-state index in [1.807, 2.05) is 42.5 Å². The molecular formula is C17H14N4O2S. The molecule has 1 fully saturated rings. The van der Waals surface area contributed by atoms with Crippen LogP contribution in [0.1, 0.15) is 17.5 Å². The largest absolute Gasteiger partial charge is 0.325 e. The van der Waals surface area contributed by atoms with Gasteiger partial charge in [-0.25, -0.2) is 14.8 Å². The van der Waals surface area contributed by atoms with E-state index in [9.17, 15) is 9.59 Å². The average Bonchev–Trinajstić information content (AvgIpc) is 3.10. The van der Waals surface area contributed by atoms with E-state index < -0.39 is 11.6 Å². The van der Waals surface area contributed by atoms with Crippen molar-refractivity contribution in [1.82, 2.24) is 20.2 Å². The molecule has 24 heavy (non-hydrogen) atoms. The summed E-state index contributed by atoms with van der Waals surface area (Å²) in [5, 5.41) is 3.48. The van der Waals surface area contributed by atoms with E-state index in [4.69, 9.17) is 0 Å². The molecule has 1 aliphatic heterocycles. The van der Waals surface area contributed by atoms with Gasteiger partial charge in [0.05, 0.1) is 6.54 Å². The molecule has 0 unspecified atom stereocenters. The fourth-order valence-corrected chi connectivity index (χ4v) is 3.72. The molecular weight excluding hydrogens is 324 g/mol. The van der Waals surface area contributed by atoms with Gasteiger partial charge in [0.1, 0.15) is 20.9 Å². The van der Waals surface area contributed by atoms with Crippen molar-refractivity contribution in [3.05, 3.63) is 59.2 Å². The van der Waals surface area contributed by atoms with Gasteiger partial charge in [-0.1, -0.05) is 41.7 Å². The Morgan fingerprint density at radius 2 is 1.96 bits per heavy atom. The fraction of sp³-hybridized carbons (Fsp3) is 0.176. The van der Waals surface area contributed by atoms with Crippen LogP contribution in [0.15, 0.2) is 48.7 Å². The molecule has 0 spiro atoms. The zero-order valence-electron chi connectivity index (χ0n) is 12.9. The first-order chi connectivity index (χ1) is 11.6. The van der Waals surface area contributed by atoms with Gasteiger partial charge in [-0.2, -0.15) is 0 Å². The summed E-state index contributed by atoms with van der Waals surface area (Å²) in [4.78, 5) is 35.9. The van der Waals surface area contributed by atoms with Crippen LogP contribution in [0.25, 0.3) is 10.3 Å². The molecule has 3 aromatic rings. The van der Waals surface area contributed by atoms with Crippen molar-refractivity contribution in [2.75, 3.05) is 0 Å². The number of nitrogens with zero attached hydrogens (tertiary/aromatic N) is 3. The van der Waals surface area contributed by atoms with Crippen molar-refractivity contribution in [3.63, 3.8) is 0 Å². The lowest BCUT2D eigenvalue weighted by atomic mass is 9.92. The van der Waals surface area contributed by atoms with Gasteiger partial charge >= 0.3 is 6.03 Å². The molecule has 3 amide bonds. The maximum atomic E-state index is 12.9. The number of amides is 3. The van der Waals surface area contributed by atoms with Gasteiger partial charge in [0.2, 0.25) is 0 Å². The lowest BCUT2D eigenvalue weighted by molar-refractivity contribution is -0.131. The summed E-state index contributed by atoms with van der Waals surface area (Å²) in [5.74, 6) is -0.272. The smallest absolute Gasteiger partial charge is 0.319 e. The number of hydrogen-bond donors (Lipinski definition) is 1. The summed E-state index contributed by atoms with van der Waals surface area (Å²) in [7, 11) is 0. The van der Waals surface area contributed by atoms with E-state index in [-0.39, 0.29) is 12.5 Å². The number of imide groups is 1. The number of rotatable bonds is 3. The quantitative estimate of drug-likeness (QED) is 0.745. The Kier molecular flexibility index (Phi) is 3.31. The number of urea groups is 1. The number of hydrogen-bond acceptors (Lipinski definition) is 5. The number of thiazole rings is 1. The molecule has 1 aliphatic rings. The number of carbonyl (C=O) groups is 2. The zero-order valence-corrected chi connectivity index (χ0v) is 13.7. The van der Waals surface area contributed by atoms with Crippen molar-refractivity contribution in [2.45, 2.75) is 19.0 Å². The molecule has 1 N–H and O–H groups in total. The van der Waals surface area contributed by atoms with Crippen molar-refractivity contribution >= 4 is 33.6 Å². The van der Waals surface area contributed by atoms with Crippen LogP contribution in [0.2, 0.25) is 0 Å². The van der Waals surface area contributed by atoms with Crippen LogP contribution in [0.5, 0.6) is 0 Å². The van der Waals surface area contributed by atoms with Crippen molar-refractivity contribution < 1.29 is 9.59 Å². The number of aromatic nitrogens is 2. The minimum Gasteiger partial charge on any atom is -0.319 e. The second-order valence-corrected chi connectivity index (χ2v) is 6.81. The van der Waals surface area contributed by atoms with Gasteiger partial charge in [0.15, 0.2) is 0 Å². The summed E-state index contributed by atoms with van der Waals surface area (Å²) < 4.78 is 0. The van der Waals surface area contributed by atoms with Gasteiger partial charge < -0.3 is 5.32 Å². The van der Waals surface area contributed by atoms with Crippen molar-refractivity contribution in [1.29, 1.82) is 0 Å². The number of carbonyl (C=O) groups excluding carboxylic acids is 2. The molecule has 7 heteroatoms. The van der Waals surface area contributed by atoms with Crippen LogP contribution in [-0.2, 0) is 16.9 Å². The SMILES string of the molecule is C[C@@]1(c2ccccc2)NC(=O)N(Cc2nc3cccnc3s2)C1=O. The van der Waals surface area contributed by atoms with Gasteiger partial charge in [0, 0.05) is 6.20 Å². The summed E-state index contributed by atoms with van der Waals surface area (Å²) in [6.45, 7) is 1.87. The van der Waals surface area contributed by atoms with E-state index in [1.54, 1.807) is 13.1 Å². The maximum Gasteiger partial charge on any atom is 0.325 e. The minimum atomic E-state index is -1.05. The monoisotopic (exact) mass is 338 g/mol. The summed E-state index contributed by atoms with van der Waals surface area (Å²) in [5.41, 5.74) is 0.486. The molecule has 0 saturated carbocycles. The predicted molar refractivity (Wildman–Crippen MR) is 90.3 cm³/mol. The molecule has 0 radical (unpaired) electrons. The van der Waals surface area contributed by atoms with E-state index in [0.717, 1.165) is 15.9 Å². The lowest BCUT2D eigenvalue weighted by Crippen LogP contribution is -2.40. The maximum absolute atomic E-state index is 12.9. The van der Waals surface area contributed by atoms with E-state index in [0.29, 0.717) is 5.01 Å². The Labute approximate surface area is 142 Å². The molecule has 0 bridgehead atoms. The molecule has 0 aliphatic carbocycles. The van der Waals surface area contributed by atoms with Gasteiger partial charge in [-0.15, -0.1) is 0 Å². The minimum absolute atomic E-state index is 0.147. The van der Waals surface area contributed by atoms with Crippen LogP contribution >= 0.6 is 11.3 Å². The highest BCUT2D eigenvalue weighted by Crippen LogP contribution is 2.30. The standard InChI is InChI=1S/C17H14N4O2S/c1-17(11-6-3-2-4-7-11)15(22)21(16(23)20-17)10-13-19-12-8-5-9-18-14(12)24-13/h2-9H,10H2,1H3,(H,20,23)/t17-/m0/s1. The topological polar surface area (TPSA) is 75.2 Å². The highest BCUT2D eigenvalue weighted by atomic mass is 32.1. The van der Waals surface area contributed by atoms with E-state index >= 15 is 0 Å². The highest BCUT2D eigenvalue weighted by molar-refractivity contribution is 7.18. The number of fused-ring (bicyclic) bond motifs is 1.